The molecule has 0 aliphatic carbocycles. The molecule has 2 N–H and O–H groups in total. The summed E-state index contributed by atoms with van der Waals surface area (Å²) in [6, 6.07) is 4.65. The van der Waals surface area contributed by atoms with Gasteiger partial charge >= 0.3 is 5.97 Å². The van der Waals surface area contributed by atoms with E-state index < -0.39 is 5.97 Å². The number of anilines is 1. The van der Waals surface area contributed by atoms with Crippen molar-refractivity contribution >= 4 is 23.3 Å². The van der Waals surface area contributed by atoms with Crippen LogP contribution in [0, 0.1) is 5.92 Å². The van der Waals surface area contributed by atoms with Crippen LogP contribution in [0.5, 0.6) is 0 Å². The van der Waals surface area contributed by atoms with Crippen molar-refractivity contribution in [2.75, 3.05) is 25.6 Å². The van der Waals surface area contributed by atoms with Gasteiger partial charge in [-0.1, -0.05) is 25.4 Å². The lowest BCUT2D eigenvalue weighted by Crippen LogP contribution is -2.13. The van der Waals surface area contributed by atoms with Crippen LogP contribution in [0.25, 0.3) is 0 Å². The standard InChI is InChI=1S/C13H18ClNO3/c1-9(2)8-17-5-6-18-13(16)10-3-4-11(14)12(15)7-10/h3-4,7,9H,5-6,8,15H2,1-2H3. The quantitative estimate of drug-likeness (QED) is 0.491. The lowest BCUT2D eigenvalue weighted by Gasteiger charge is -2.08. The van der Waals surface area contributed by atoms with Crippen molar-refractivity contribution in [1.82, 2.24) is 0 Å². The van der Waals surface area contributed by atoms with Crippen molar-refractivity contribution in [3.63, 3.8) is 0 Å². The van der Waals surface area contributed by atoms with Gasteiger partial charge in [-0.05, 0) is 24.1 Å². The molecule has 0 atom stereocenters. The van der Waals surface area contributed by atoms with E-state index in [1.165, 1.54) is 6.07 Å². The van der Waals surface area contributed by atoms with Crippen molar-refractivity contribution < 1.29 is 14.3 Å². The van der Waals surface area contributed by atoms with Crippen LogP contribution in [0.15, 0.2) is 18.2 Å². The molecule has 1 aromatic carbocycles. The lowest BCUT2D eigenvalue weighted by molar-refractivity contribution is 0.0277. The third-order valence-corrected chi connectivity index (χ3v) is 2.49. The molecule has 0 unspecified atom stereocenters. The summed E-state index contributed by atoms with van der Waals surface area (Å²) in [6.45, 7) is 5.40. The fourth-order valence-electron chi connectivity index (χ4n) is 1.27. The van der Waals surface area contributed by atoms with E-state index in [-0.39, 0.29) is 6.61 Å². The van der Waals surface area contributed by atoms with Crippen LogP contribution >= 0.6 is 11.6 Å². The lowest BCUT2D eigenvalue weighted by atomic mass is 10.2. The van der Waals surface area contributed by atoms with Gasteiger partial charge in [0.15, 0.2) is 0 Å². The Hall–Kier alpha value is -1.26. The molecule has 0 spiro atoms. The molecule has 1 rings (SSSR count). The summed E-state index contributed by atoms with van der Waals surface area (Å²) in [6.07, 6.45) is 0. The van der Waals surface area contributed by atoms with Gasteiger partial charge in [-0.2, -0.15) is 0 Å². The Morgan fingerprint density at radius 1 is 1.39 bits per heavy atom. The summed E-state index contributed by atoms with van der Waals surface area (Å²) in [5, 5.41) is 0.423. The molecule has 1 aromatic rings. The minimum atomic E-state index is -0.425. The van der Waals surface area contributed by atoms with Gasteiger partial charge in [0.05, 0.1) is 22.9 Å². The third-order valence-electron chi connectivity index (χ3n) is 2.14. The average Bonchev–Trinajstić information content (AvgIpc) is 2.31. The number of carbonyl (C=O) groups excluding carboxylic acids is 1. The second-order valence-electron chi connectivity index (χ2n) is 4.34. The number of halogens is 1. The summed E-state index contributed by atoms with van der Waals surface area (Å²) in [4.78, 5) is 11.6. The molecule has 100 valence electrons. The smallest absolute Gasteiger partial charge is 0.338 e. The summed E-state index contributed by atoms with van der Waals surface area (Å²) < 4.78 is 10.3. The Labute approximate surface area is 112 Å². The molecule has 18 heavy (non-hydrogen) atoms. The van der Waals surface area contributed by atoms with E-state index in [1.807, 2.05) is 0 Å². The van der Waals surface area contributed by atoms with Crippen LogP contribution in [-0.2, 0) is 9.47 Å². The van der Waals surface area contributed by atoms with Gasteiger partial charge in [-0.25, -0.2) is 4.79 Å². The van der Waals surface area contributed by atoms with Crippen molar-refractivity contribution in [1.29, 1.82) is 0 Å². The van der Waals surface area contributed by atoms with E-state index in [0.717, 1.165) is 0 Å². The highest BCUT2D eigenvalue weighted by Crippen LogP contribution is 2.19. The van der Waals surface area contributed by atoms with E-state index in [1.54, 1.807) is 12.1 Å². The van der Waals surface area contributed by atoms with E-state index in [2.05, 4.69) is 13.8 Å². The Bertz CT molecular complexity index is 407. The maximum absolute atomic E-state index is 11.6. The van der Waals surface area contributed by atoms with Crippen LogP contribution < -0.4 is 5.73 Å². The summed E-state index contributed by atoms with van der Waals surface area (Å²) in [5.41, 5.74) is 6.36. The van der Waals surface area contributed by atoms with E-state index in [9.17, 15) is 4.79 Å². The van der Waals surface area contributed by atoms with Crippen molar-refractivity contribution in [2.24, 2.45) is 5.92 Å². The molecule has 0 heterocycles. The first kappa shape index (κ1) is 14.8. The SMILES string of the molecule is CC(C)COCCOC(=O)c1ccc(Cl)c(N)c1. The van der Waals surface area contributed by atoms with Crippen LogP contribution in [0.2, 0.25) is 5.02 Å². The molecular weight excluding hydrogens is 254 g/mol. The number of hydrogen-bond acceptors (Lipinski definition) is 4. The normalized spacial score (nSPS) is 10.7. The van der Waals surface area contributed by atoms with Gasteiger partial charge in [0.2, 0.25) is 0 Å². The number of esters is 1. The number of hydrogen-bond donors (Lipinski definition) is 1. The predicted octanol–water partition coefficient (Wildman–Crippen LogP) is 2.75. The van der Waals surface area contributed by atoms with E-state index in [0.29, 0.717) is 35.4 Å². The second-order valence-corrected chi connectivity index (χ2v) is 4.75. The zero-order valence-corrected chi connectivity index (χ0v) is 11.4. The molecule has 0 amide bonds. The average molecular weight is 272 g/mol. The minimum Gasteiger partial charge on any atom is -0.460 e. The maximum Gasteiger partial charge on any atom is 0.338 e. The van der Waals surface area contributed by atoms with Crippen LogP contribution in [0.3, 0.4) is 0 Å². The highest BCUT2D eigenvalue weighted by molar-refractivity contribution is 6.33. The summed E-state index contributed by atoms with van der Waals surface area (Å²) in [5.74, 6) is 0.0447. The highest BCUT2D eigenvalue weighted by Gasteiger charge is 2.08. The zero-order chi connectivity index (χ0) is 13.5. The van der Waals surface area contributed by atoms with E-state index >= 15 is 0 Å². The van der Waals surface area contributed by atoms with Gasteiger partial charge in [-0.3, -0.25) is 0 Å². The van der Waals surface area contributed by atoms with Gasteiger partial charge in [0.25, 0.3) is 0 Å². The Morgan fingerprint density at radius 3 is 2.72 bits per heavy atom. The Kier molecular flexibility index (Phi) is 5.95. The molecule has 0 saturated heterocycles. The first-order valence-electron chi connectivity index (χ1n) is 5.80. The molecule has 4 nitrogen and oxygen atoms in total. The summed E-state index contributed by atoms with van der Waals surface area (Å²) >= 11 is 5.76. The van der Waals surface area contributed by atoms with Crippen molar-refractivity contribution in [3.05, 3.63) is 28.8 Å². The van der Waals surface area contributed by atoms with Gasteiger partial charge in [-0.15, -0.1) is 0 Å². The first-order valence-corrected chi connectivity index (χ1v) is 6.18. The fourth-order valence-corrected chi connectivity index (χ4v) is 1.38. The number of nitrogens with two attached hydrogens (primary N) is 1. The molecule has 0 aliphatic rings. The molecule has 0 fully saturated rings. The zero-order valence-electron chi connectivity index (χ0n) is 10.6. The second kappa shape index (κ2) is 7.24. The van der Waals surface area contributed by atoms with Crippen LogP contribution in [0.1, 0.15) is 24.2 Å². The number of nitrogen functional groups attached to an aromatic ring is 1. The fraction of sp³-hybridized carbons (Fsp3) is 0.462. The molecule has 0 saturated carbocycles. The molecule has 5 heteroatoms. The molecule has 0 bridgehead atoms. The highest BCUT2D eigenvalue weighted by atomic mass is 35.5. The molecule has 0 aliphatic heterocycles. The van der Waals surface area contributed by atoms with Gasteiger partial charge < -0.3 is 15.2 Å². The minimum absolute atomic E-state index is 0.230. The number of carbonyl (C=O) groups is 1. The van der Waals surface area contributed by atoms with Gasteiger partial charge in [0.1, 0.15) is 6.61 Å². The maximum atomic E-state index is 11.6. The van der Waals surface area contributed by atoms with Crippen molar-refractivity contribution in [2.45, 2.75) is 13.8 Å². The van der Waals surface area contributed by atoms with Gasteiger partial charge in [0, 0.05) is 6.61 Å². The monoisotopic (exact) mass is 271 g/mol. The van der Waals surface area contributed by atoms with Crippen molar-refractivity contribution in [3.8, 4) is 0 Å². The largest absolute Gasteiger partial charge is 0.460 e. The predicted molar refractivity (Wildman–Crippen MR) is 71.8 cm³/mol. The third kappa shape index (κ3) is 4.94. The number of ether oxygens (including phenoxy) is 2. The van der Waals surface area contributed by atoms with Crippen LogP contribution in [0.4, 0.5) is 5.69 Å². The van der Waals surface area contributed by atoms with Crippen LogP contribution in [-0.4, -0.2) is 25.8 Å². The Morgan fingerprint density at radius 2 is 2.11 bits per heavy atom. The van der Waals surface area contributed by atoms with E-state index in [4.69, 9.17) is 26.8 Å². The summed E-state index contributed by atoms with van der Waals surface area (Å²) in [7, 11) is 0. The Balaban J connectivity index is 2.34. The first-order chi connectivity index (χ1) is 8.50. The number of rotatable bonds is 6. The molecule has 0 radical (unpaired) electrons. The topological polar surface area (TPSA) is 61.5 Å². The molecular formula is C13H18ClNO3. The number of benzene rings is 1. The molecule has 0 aromatic heterocycles.